The van der Waals surface area contributed by atoms with Gasteiger partial charge in [-0.3, -0.25) is 9.88 Å². The van der Waals surface area contributed by atoms with E-state index in [1.807, 2.05) is 12.3 Å². The smallest absolute Gasteiger partial charge is 0.0897 e. The first-order chi connectivity index (χ1) is 11.8. The lowest BCUT2D eigenvalue weighted by Crippen LogP contribution is -2.50. The first-order valence-corrected chi connectivity index (χ1v) is 9.58. The Kier molecular flexibility index (Phi) is 4.78. The zero-order chi connectivity index (χ0) is 16.4. The summed E-state index contributed by atoms with van der Waals surface area (Å²) in [5, 5.41) is 6.86. The number of fused-ring (bicyclic) bond motifs is 1. The van der Waals surface area contributed by atoms with Crippen molar-refractivity contribution in [2.75, 3.05) is 25.0 Å². The normalized spacial score (nSPS) is 27.1. The number of ether oxygens (including phenoxy) is 1. The van der Waals surface area contributed by atoms with Crippen LogP contribution in [0.1, 0.15) is 23.5 Å². The van der Waals surface area contributed by atoms with Gasteiger partial charge in [-0.1, -0.05) is 0 Å². The number of hydrogen-bond donors (Lipinski definition) is 1. The molecule has 0 spiro atoms. The number of nitrogens with zero attached hydrogens (tertiary/aromatic N) is 3. The third-order valence-corrected chi connectivity index (χ3v) is 5.92. The molecule has 3 atom stereocenters. The highest BCUT2D eigenvalue weighted by Crippen LogP contribution is 2.35. The van der Waals surface area contributed by atoms with E-state index in [9.17, 15) is 0 Å². The first kappa shape index (κ1) is 16.0. The number of rotatable bonds is 5. The molecule has 1 aliphatic carbocycles. The molecule has 5 nitrogen and oxygen atoms in total. The van der Waals surface area contributed by atoms with E-state index in [0.717, 1.165) is 36.9 Å². The molecule has 3 unspecified atom stereocenters. The second-order valence-corrected chi connectivity index (χ2v) is 7.75. The second kappa shape index (κ2) is 7.17. The first-order valence-electron chi connectivity index (χ1n) is 8.70. The Morgan fingerprint density at radius 1 is 1.42 bits per heavy atom. The molecule has 1 N–H and O–H groups in total. The average Bonchev–Trinajstić information content (AvgIpc) is 3.21. The van der Waals surface area contributed by atoms with Crippen LogP contribution in [0.3, 0.4) is 0 Å². The van der Waals surface area contributed by atoms with Gasteiger partial charge in [0, 0.05) is 49.4 Å². The molecule has 0 amide bonds. The van der Waals surface area contributed by atoms with Crippen LogP contribution in [-0.4, -0.2) is 46.7 Å². The number of thiazole rings is 1. The van der Waals surface area contributed by atoms with E-state index in [1.165, 1.54) is 18.5 Å². The summed E-state index contributed by atoms with van der Waals surface area (Å²) in [5.74, 6) is 0.565. The topological polar surface area (TPSA) is 50.3 Å². The molecule has 4 rings (SSSR count). The van der Waals surface area contributed by atoms with Gasteiger partial charge in [0.2, 0.25) is 0 Å². The maximum absolute atomic E-state index is 6.16. The molecule has 0 aromatic carbocycles. The fourth-order valence-corrected chi connectivity index (χ4v) is 4.56. The molecule has 24 heavy (non-hydrogen) atoms. The van der Waals surface area contributed by atoms with Gasteiger partial charge in [0.05, 0.1) is 29.1 Å². The van der Waals surface area contributed by atoms with Gasteiger partial charge < -0.3 is 10.1 Å². The van der Waals surface area contributed by atoms with Crippen LogP contribution < -0.4 is 5.32 Å². The molecule has 0 bridgehead atoms. The quantitative estimate of drug-likeness (QED) is 0.904. The lowest BCUT2D eigenvalue weighted by Gasteiger charge is -2.39. The van der Waals surface area contributed by atoms with Gasteiger partial charge in [0.25, 0.3) is 0 Å². The zero-order valence-electron chi connectivity index (χ0n) is 14.0. The third-order valence-electron chi connectivity index (χ3n) is 5.10. The van der Waals surface area contributed by atoms with Crippen molar-refractivity contribution in [2.45, 2.75) is 38.5 Å². The summed E-state index contributed by atoms with van der Waals surface area (Å²) < 4.78 is 6.16. The Balaban J connectivity index is 1.37. The van der Waals surface area contributed by atoms with Gasteiger partial charge in [0.1, 0.15) is 0 Å². The Bertz CT molecular complexity index is 662. The monoisotopic (exact) mass is 344 g/mol. The number of anilines is 1. The van der Waals surface area contributed by atoms with Gasteiger partial charge in [-0.15, -0.1) is 11.3 Å². The minimum Gasteiger partial charge on any atom is -0.383 e. The van der Waals surface area contributed by atoms with Crippen molar-refractivity contribution in [3.8, 4) is 0 Å². The van der Waals surface area contributed by atoms with E-state index in [2.05, 4.69) is 38.6 Å². The van der Waals surface area contributed by atoms with Gasteiger partial charge in [-0.2, -0.15) is 0 Å². The van der Waals surface area contributed by atoms with E-state index < -0.39 is 0 Å². The molecule has 0 radical (unpaired) electrons. The highest BCUT2D eigenvalue weighted by Gasteiger charge is 2.42. The number of hydrogen-bond acceptors (Lipinski definition) is 6. The molecule has 3 heterocycles. The Morgan fingerprint density at radius 2 is 2.38 bits per heavy atom. The maximum atomic E-state index is 6.16. The minimum absolute atomic E-state index is 0.336. The molecule has 2 aromatic rings. The molecule has 2 aliphatic rings. The van der Waals surface area contributed by atoms with Crippen LogP contribution in [0.5, 0.6) is 0 Å². The van der Waals surface area contributed by atoms with Gasteiger partial charge >= 0.3 is 0 Å². The summed E-state index contributed by atoms with van der Waals surface area (Å²) in [4.78, 5) is 11.4. The number of aryl methyl sites for hydroxylation is 1. The molecule has 2 fully saturated rings. The lowest BCUT2D eigenvalue weighted by molar-refractivity contribution is -0.0747. The number of pyridine rings is 1. The predicted molar refractivity (Wildman–Crippen MR) is 96.2 cm³/mol. The SMILES string of the molecule is Cc1nc(CN2CCOC3C(CNc4cccnc4)CCC32)cs1. The fraction of sp³-hybridized carbons (Fsp3) is 0.556. The fourth-order valence-electron chi connectivity index (χ4n) is 3.96. The summed E-state index contributed by atoms with van der Waals surface area (Å²) in [5.41, 5.74) is 2.29. The average molecular weight is 344 g/mol. The van der Waals surface area contributed by atoms with Crippen LogP contribution in [-0.2, 0) is 11.3 Å². The number of morpholine rings is 1. The second-order valence-electron chi connectivity index (χ2n) is 6.69. The Hall–Kier alpha value is -1.50. The van der Waals surface area contributed by atoms with Crippen molar-refractivity contribution in [1.29, 1.82) is 0 Å². The summed E-state index contributed by atoms with van der Waals surface area (Å²) in [7, 11) is 0. The highest BCUT2D eigenvalue weighted by molar-refractivity contribution is 7.09. The van der Waals surface area contributed by atoms with Crippen molar-refractivity contribution in [3.63, 3.8) is 0 Å². The summed E-state index contributed by atoms with van der Waals surface area (Å²) in [6.45, 7) is 5.83. The van der Waals surface area contributed by atoms with E-state index in [-0.39, 0.29) is 0 Å². The molecule has 1 saturated heterocycles. The van der Waals surface area contributed by atoms with Gasteiger partial charge in [-0.25, -0.2) is 4.98 Å². The van der Waals surface area contributed by atoms with Crippen LogP contribution in [0.2, 0.25) is 0 Å². The lowest BCUT2D eigenvalue weighted by atomic mass is 10.0. The largest absolute Gasteiger partial charge is 0.383 e. The van der Waals surface area contributed by atoms with E-state index in [4.69, 9.17) is 4.74 Å². The van der Waals surface area contributed by atoms with Crippen molar-refractivity contribution >= 4 is 17.0 Å². The summed E-state index contributed by atoms with van der Waals surface area (Å²) >= 11 is 1.74. The van der Waals surface area contributed by atoms with Gasteiger partial charge in [0.15, 0.2) is 0 Å². The Labute approximate surface area is 147 Å². The van der Waals surface area contributed by atoms with Crippen molar-refractivity contribution in [2.24, 2.45) is 5.92 Å². The summed E-state index contributed by atoms with van der Waals surface area (Å²) in [6, 6.07) is 4.56. The van der Waals surface area contributed by atoms with E-state index in [1.54, 1.807) is 17.5 Å². The van der Waals surface area contributed by atoms with E-state index >= 15 is 0 Å². The van der Waals surface area contributed by atoms with Crippen molar-refractivity contribution < 1.29 is 4.74 Å². The minimum atomic E-state index is 0.336. The predicted octanol–water partition coefficient (Wildman–Crippen LogP) is 2.94. The molecular weight excluding hydrogens is 320 g/mol. The summed E-state index contributed by atoms with van der Waals surface area (Å²) in [6.07, 6.45) is 6.45. The highest BCUT2D eigenvalue weighted by atomic mass is 32.1. The van der Waals surface area contributed by atoms with Crippen molar-refractivity contribution in [3.05, 3.63) is 40.6 Å². The van der Waals surface area contributed by atoms with Crippen molar-refractivity contribution in [1.82, 2.24) is 14.9 Å². The van der Waals surface area contributed by atoms with Crippen LogP contribution in [0, 0.1) is 12.8 Å². The standard InChI is InChI=1S/C18H24N4OS/c1-13-21-16(12-24-13)11-22-7-8-23-18-14(4-5-17(18)22)9-20-15-3-2-6-19-10-15/h2-3,6,10,12,14,17-18,20H,4-5,7-9,11H2,1H3. The zero-order valence-corrected chi connectivity index (χ0v) is 14.8. The van der Waals surface area contributed by atoms with Crippen LogP contribution in [0.15, 0.2) is 29.9 Å². The van der Waals surface area contributed by atoms with Crippen LogP contribution >= 0.6 is 11.3 Å². The molecule has 1 aliphatic heterocycles. The molecule has 2 aromatic heterocycles. The number of nitrogens with one attached hydrogen (secondary N) is 1. The van der Waals surface area contributed by atoms with Gasteiger partial charge in [-0.05, 0) is 31.9 Å². The Morgan fingerprint density at radius 3 is 3.17 bits per heavy atom. The third kappa shape index (κ3) is 3.45. The van der Waals surface area contributed by atoms with Crippen LogP contribution in [0.4, 0.5) is 5.69 Å². The number of aromatic nitrogens is 2. The molecule has 128 valence electrons. The van der Waals surface area contributed by atoms with Crippen LogP contribution in [0.25, 0.3) is 0 Å². The molecule has 1 saturated carbocycles. The molecule has 6 heteroatoms. The van der Waals surface area contributed by atoms with E-state index in [0.29, 0.717) is 18.1 Å². The maximum Gasteiger partial charge on any atom is 0.0897 e. The molecular formula is C18H24N4OS.